The van der Waals surface area contributed by atoms with Crippen molar-refractivity contribution in [2.75, 3.05) is 19.3 Å². The molecule has 0 aromatic heterocycles. The first-order chi connectivity index (χ1) is 6.60. The molecule has 1 saturated heterocycles. The maximum absolute atomic E-state index is 11.4. The first-order valence-electron chi connectivity index (χ1n) is 4.77. The van der Waals surface area contributed by atoms with Crippen LogP contribution in [0.1, 0.15) is 20.8 Å². The molecular weight excluding hydrogens is 218 g/mol. The molecule has 5 nitrogen and oxygen atoms in total. The quantitative estimate of drug-likeness (QED) is 0.685. The predicted molar refractivity (Wildman–Crippen MR) is 55.8 cm³/mol. The van der Waals surface area contributed by atoms with Crippen LogP contribution in [0.3, 0.4) is 0 Å². The van der Waals surface area contributed by atoms with Crippen LogP contribution < -0.4 is 0 Å². The number of carbonyl (C=O) groups excluding carboxylic acids is 1. The Morgan fingerprint density at radius 1 is 1.33 bits per heavy atom. The van der Waals surface area contributed by atoms with Gasteiger partial charge in [0.15, 0.2) is 9.84 Å². The Morgan fingerprint density at radius 2 is 1.80 bits per heavy atom. The predicted octanol–water partition coefficient (Wildman–Crippen LogP) is 0.220. The largest absolute Gasteiger partial charge is 0.367 e. The second kappa shape index (κ2) is 3.75. The SMILES string of the molecule is CC(C)(C)C(=O)ON1CC(S(C)(=O)=O)C1. The molecule has 88 valence electrons. The fourth-order valence-corrected chi connectivity index (χ4v) is 1.87. The number of hydroxylamine groups is 2. The number of nitrogens with zero attached hydrogens (tertiary/aromatic N) is 1. The summed E-state index contributed by atoms with van der Waals surface area (Å²) in [6, 6.07) is 0. The zero-order valence-corrected chi connectivity index (χ0v) is 10.3. The zero-order chi connectivity index (χ0) is 11.9. The lowest BCUT2D eigenvalue weighted by atomic mass is 9.98. The Balaban J connectivity index is 2.39. The van der Waals surface area contributed by atoms with Crippen molar-refractivity contribution < 1.29 is 18.0 Å². The van der Waals surface area contributed by atoms with Gasteiger partial charge in [-0.15, -0.1) is 5.06 Å². The highest BCUT2D eigenvalue weighted by Crippen LogP contribution is 2.21. The summed E-state index contributed by atoms with van der Waals surface area (Å²) in [7, 11) is -3.00. The van der Waals surface area contributed by atoms with Gasteiger partial charge in [0, 0.05) is 6.26 Å². The van der Waals surface area contributed by atoms with E-state index < -0.39 is 20.5 Å². The molecule has 6 heteroatoms. The molecule has 0 N–H and O–H groups in total. The molecule has 0 bridgehead atoms. The lowest BCUT2D eigenvalue weighted by Crippen LogP contribution is -2.55. The summed E-state index contributed by atoms with van der Waals surface area (Å²) in [5, 5.41) is 0.990. The van der Waals surface area contributed by atoms with E-state index in [0.717, 1.165) is 0 Å². The van der Waals surface area contributed by atoms with Crippen molar-refractivity contribution in [1.29, 1.82) is 0 Å². The number of carbonyl (C=O) groups is 1. The second-order valence-electron chi connectivity index (χ2n) is 4.93. The molecule has 0 radical (unpaired) electrons. The summed E-state index contributed by atoms with van der Waals surface area (Å²) in [6.07, 6.45) is 1.20. The summed E-state index contributed by atoms with van der Waals surface area (Å²) in [6.45, 7) is 5.82. The van der Waals surface area contributed by atoms with Crippen molar-refractivity contribution in [2.45, 2.75) is 26.0 Å². The van der Waals surface area contributed by atoms with Crippen LogP contribution in [0.4, 0.5) is 0 Å². The third kappa shape index (κ3) is 3.17. The molecule has 0 aromatic carbocycles. The molecule has 1 heterocycles. The third-order valence-corrected chi connectivity index (χ3v) is 3.75. The second-order valence-corrected chi connectivity index (χ2v) is 7.25. The summed E-state index contributed by atoms with van der Waals surface area (Å²) in [4.78, 5) is 16.4. The van der Waals surface area contributed by atoms with E-state index in [9.17, 15) is 13.2 Å². The summed E-state index contributed by atoms with van der Waals surface area (Å²) >= 11 is 0. The van der Waals surface area contributed by atoms with Crippen LogP contribution in [-0.4, -0.2) is 44.0 Å². The molecule has 0 unspecified atom stereocenters. The minimum absolute atomic E-state index is 0.278. The van der Waals surface area contributed by atoms with E-state index in [1.807, 2.05) is 0 Å². The normalized spacial score (nSPS) is 19.7. The van der Waals surface area contributed by atoms with E-state index >= 15 is 0 Å². The Hall–Kier alpha value is -0.620. The van der Waals surface area contributed by atoms with Crippen LogP contribution in [0.25, 0.3) is 0 Å². The van der Waals surface area contributed by atoms with E-state index in [1.54, 1.807) is 20.8 Å². The average molecular weight is 235 g/mol. The smallest absolute Gasteiger partial charge is 0.330 e. The number of hydrogen-bond donors (Lipinski definition) is 0. The highest BCUT2D eigenvalue weighted by molar-refractivity contribution is 7.91. The van der Waals surface area contributed by atoms with Gasteiger partial charge in [-0.3, -0.25) is 0 Å². The Bertz CT molecular complexity index is 349. The summed E-state index contributed by atoms with van der Waals surface area (Å²) < 4.78 is 22.1. The van der Waals surface area contributed by atoms with Gasteiger partial charge in [0.1, 0.15) is 0 Å². The topological polar surface area (TPSA) is 63.7 Å². The Labute approximate surface area is 90.3 Å². The van der Waals surface area contributed by atoms with Crippen LogP contribution in [0.15, 0.2) is 0 Å². The Morgan fingerprint density at radius 3 is 2.13 bits per heavy atom. The van der Waals surface area contributed by atoms with Gasteiger partial charge in [0.25, 0.3) is 0 Å². The van der Waals surface area contributed by atoms with Gasteiger partial charge < -0.3 is 4.84 Å². The average Bonchev–Trinajstić information content (AvgIpc) is 1.90. The van der Waals surface area contributed by atoms with Gasteiger partial charge in [-0.05, 0) is 20.8 Å². The first-order valence-corrected chi connectivity index (χ1v) is 6.72. The molecule has 0 atom stereocenters. The number of rotatable bonds is 2. The van der Waals surface area contributed by atoms with E-state index in [0.29, 0.717) is 0 Å². The molecule has 0 aliphatic carbocycles. The molecule has 1 fully saturated rings. The first kappa shape index (κ1) is 12.4. The standard InChI is InChI=1S/C9H17NO4S/c1-9(2,3)8(11)14-10-5-7(6-10)15(4,12)13/h7H,5-6H2,1-4H3. The monoisotopic (exact) mass is 235 g/mol. The van der Waals surface area contributed by atoms with Gasteiger partial charge in [0.2, 0.25) is 0 Å². The minimum Gasteiger partial charge on any atom is -0.367 e. The molecule has 1 aliphatic rings. The summed E-state index contributed by atoms with van der Waals surface area (Å²) in [5.74, 6) is -0.338. The van der Waals surface area contributed by atoms with Gasteiger partial charge in [-0.25, -0.2) is 13.2 Å². The molecule has 0 saturated carbocycles. The van der Waals surface area contributed by atoms with Crippen molar-refractivity contribution >= 4 is 15.8 Å². The molecule has 0 aromatic rings. The van der Waals surface area contributed by atoms with Crippen LogP contribution in [0.5, 0.6) is 0 Å². The molecule has 15 heavy (non-hydrogen) atoms. The molecular formula is C9H17NO4S. The van der Waals surface area contributed by atoms with E-state index in [1.165, 1.54) is 11.3 Å². The zero-order valence-electron chi connectivity index (χ0n) is 9.48. The van der Waals surface area contributed by atoms with Crippen molar-refractivity contribution in [3.63, 3.8) is 0 Å². The van der Waals surface area contributed by atoms with E-state index in [4.69, 9.17) is 4.84 Å². The van der Waals surface area contributed by atoms with E-state index in [2.05, 4.69) is 0 Å². The van der Waals surface area contributed by atoms with Crippen LogP contribution in [0, 0.1) is 5.41 Å². The number of sulfone groups is 1. The minimum atomic E-state index is -3.00. The maximum atomic E-state index is 11.4. The van der Waals surface area contributed by atoms with Crippen molar-refractivity contribution in [2.24, 2.45) is 5.41 Å². The van der Waals surface area contributed by atoms with E-state index in [-0.39, 0.29) is 19.1 Å². The van der Waals surface area contributed by atoms with Crippen molar-refractivity contribution in [1.82, 2.24) is 5.06 Å². The molecule has 1 aliphatic heterocycles. The van der Waals surface area contributed by atoms with Crippen LogP contribution >= 0.6 is 0 Å². The van der Waals surface area contributed by atoms with Crippen LogP contribution in [-0.2, 0) is 19.5 Å². The Kier molecular flexibility index (Phi) is 3.11. The highest BCUT2D eigenvalue weighted by Gasteiger charge is 2.38. The van der Waals surface area contributed by atoms with Crippen LogP contribution in [0.2, 0.25) is 0 Å². The lowest BCUT2D eigenvalue weighted by Gasteiger charge is -2.36. The maximum Gasteiger partial charge on any atom is 0.330 e. The van der Waals surface area contributed by atoms with Gasteiger partial charge in [0.05, 0.1) is 23.8 Å². The third-order valence-electron chi connectivity index (χ3n) is 2.24. The molecule has 0 amide bonds. The van der Waals surface area contributed by atoms with Crippen molar-refractivity contribution in [3.05, 3.63) is 0 Å². The summed E-state index contributed by atoms with van der Waals surface area (Å²) in [5.41, 5.74) is -0.559. The molecule has 1 rings (SSSR count). The van der Waals surface area contributed by atoms with Gasteiger partial charge in [-0.1, -0.05) is 0 Å². The molecule has 0 spiro atoms. The fourth-order valence-electron chi connectivity index (χ4n) is 1.00. The number of hydrogen-bond acceptors (Lipinski definition) is 5. The lowest BCUT2D eigenvalue weighted by molar-refractivity contribution is -0.215. The van der Waals surface area contributed by atoms with Gasteiger partial charge >= 0.3 is 5.97 Å². The van der Waals surface area contributed by atoms with Crippen molar-refractivity contribution in [3.8, 4) is 0 Å². The highest BCUT2D eigenvalue weighted by atomic mass is 32.2. The van der Waals surface area contributed by atoms with Gasteiger partial charge in [-0.2, -0.15) is 0 Å². The fraction of sp³-hybridized carbons (Fsp3) is 0.889.